The minimum Gasteiger partial charge on any atom is -0.493 e. The number of unbranched alkanes of at least 4 members (excludes halogenated alkanes) is 2. The maximum Gasteiger partial charge on any atom is 0.165 e. The van der Waals surface area contributed by atoms with E-state index in [0.717, 1.165) is 43.3 Å². The number of hydrogen-bond acceptors (Lipinski definition) is 4. The first-order chi connectivity index (χ1) is 14.7. The Kier molecular flexibility index (Phi) is 7.11. The topological polar surface area (TPSA) is 30.9 Å². The summed E-state index contributed by atoms with van der Waals surface area (Å²) in [6.07, 6.45) is 4.83. The summed E-state index contributed by atoms with van der Waals surface area (Å²) in [4.78, 5) is 2.56. The van der Waals surface area contributed by atoms with Crippen LogP contribution in [0.3, 0.4) is 0 Å². The Morgan fingerprint density at radius 3 is 2.63 bits per heavy atom. The van der Waals surface area contributed by atoms with Crippen LogP contribution in [0.5, 0.6) is 17.2 Å². The fourth-order valence-electron chi connectivity index (χ4n) is 4.53. The summed E-state index contributed by atoms with van der Waals surface area (Å²) in [5, 5.41) is 0. The highest BCUT2D eigenvalue weighted by molar-refractivity contribution is 5.46. The number of nitrogens with zero attached hydrogens (tertiary/aromatic N) is 1. The summed E-state index contributed by atoms with van der Waals surface area (Å²) in [6, 6.07) is 12.8. The van der Waals surface area contributed by atoms with Crippen molar-refractivity contribution >= 4 is 0 Å². The molecule has 2 atom stereocenters. The normalized spacial score (nSPS) is 21.4. The van der Waals surface area contributed by atoms with Gasteiger partial charge in [0.25, 0.3) is 0 Å². The molecule has 2 heterocycles. The predicted molar refractivity (Wildman–Crippen MR) is 116 cm³/mol. The maximum atomic E-state index is 13.4. The van der Waals surface area contributed by atoms with Crippen LogP contribution in [0.15, 0.2) is 42.5 Å². The van der Waals surface area contributed by atoms with Crippen LogP contribution in [0.1, 0.15) is 44.1 Å². The molecular weight excluding hydrogens is 381 g/mol. The highest BCUT2D eigenvalue weighted by Crippen LogP contribution is 2.36. The van der Waals surface area contributed by atoms with Crippen LogP contribution in [0.4, 0.5) is 4.39 Å². The van der Waals surface area contributed by atoms with E-state index in [1.165, 1.54) is 24.8 Å². The van der Waals surface area contributed by atoms with E-state index in [9.17, 15) is 4.39 Å². The summed E-state index contributed by atoms with van der Waals surface area (Å²) < 4.78 is 30.9. The van der Waals surface area contributed by atoms with Gasteiger partial charge in [0, 0.05) is 18.5 Å². The first-order valence-electron chi connectivity index (χ1n) is 11.2. The largest absolute Gasteiger partial charge is 0.493 e. The lowest BCUT2D eigenvalue weighted by Gasteiger charge is -2.39. The lowest BCUT2D eigenvalue weighted by molar-refractivity contribution is 0.109. The van der Waals surface area contributed by atoms with Crippen LogP contribution in [-0.2, 0) is 0 Å². The molecule has 0 aliphatic carbocycles. The average molecular weight is 414 g/mol. The Hall–Kier alpha value is -2.27. The number of ether oxygens (including phenoxy) is 3. The van der Waals surface area contributed by atoms with Gasteiger partial charge < -0.3 is 19.1 Å². The third-order valence-corrected chi connectivity index (χ3v) is 6.17. The van der Waals surface area contributed by atoms with Crippen molar-refractivity contribution in [2.75, 3.05) is 39.5 Å². The van der Waals surface area contributed by atoms with E-state index >= 15 is 0 Å². The SMILES string of the molecule is CCCCCN1CC[C@H](c2ccc(F)cc2)[C@@H](COc2ccc3c(c2)OCCO3)C1. The number of fused-ring (bicyclic) bond motifs is 1. The van der Waals surface area contributed by atoms with Crippen molar-refractivity contribution in [1.29, 1.82) is 0 Å². The molecule has 162 valence electrons. The second-order valence-corrected chi connectivity index (χ2v) is 8.33. The molecule has 2 aliphatic rings. The van der Waals surface area contributed by atoms with Gasteiger partial charge in [-0.25, -0.2) is 4.39 Å². The molecule has 2 aliphatic heterocycles. The monoisotopic (exact) mass is 413 g/mol. The van der Waals surface area contributed by atoms with Gasteiger partial charge in [0.05, 0.1) is 6.61 Å². The molecule has 4 rings (SSSR count). The Morgan fingerprint density at radius 1 is 1.03 bits per heavy atom. The van der Waals surface area contributed by atoms with Gasteiger partial charge in [-0.05, 0) is 61.7 Å². The van der Waals surface area contributed by atoms with Crippen molar-refractivity contribution in [3.63, 3.8) is 0 Å². The molecular formula is C25H32FNO3. The third-order valence-electron chi connectivity index (χ3n) is 6.17. The van der Waals surface area contributed by atoms with Gasteiger partial charge in [0.2, 0.25) is 0 Å². The van der Waals surface area contributed by atoms with Gasteiger partial charge in [-0.1, -0.05) is 31.9 Å². The summed E-state index contributed by atoms with van der Waals surface area (Å²) >= 11 is 0. The molecule has 1 fully saturated rings. The Bertz CT molecular complexity index is 811. The zero-order valence-electron chi connectivity index (χ0n) is 17.8. The van der Waals surface area contributed by atoms with E-state index in [2.05, 4.69) is 11.8 Å². The van der Waals surface area contributed by atoms with E-state index in [1.54, 1.807) is 12.1 Å². The standard InChI is InChI=1S/C25H32FNO3/c1-2-3-4-12-27-13-11-23(19-5-7-21(26)8-6-19)20(17-27)18-30-22-9-10-24-25(16-22)29-15-14-28-24/h5-10,16,20,23H,2-4,11-15,17-18H2,1H3/t20-,23-/m1/s1. The molecule has 0 saturated carbocycles. The van der Waals surface area contributed by atoms with E-state index in [-0.39, 0.29) is 5.82 Å². The lowest BCUT2D eigenvalue weighted by atomic mass is 9.80. The van der Waals surface area contributed by atoms with E-state index in [4.69, 9.17) is 14.2 Å². The fraction of sp³-hybridized carbons (Fsp3) is 0.520. The van der Waals surface area contributed by atoms with Crippen molar-refractivity contribution < 1.29 is 18.6 Å². The van der Waals surface area contributed by atoms with Crippen LogP contribution < -0.4 is 14.2 Å². The fourth-order valence-corrected chi connectivity index (χ4v) is 4.53. The summed E-state index contributed by atoms with van der Waals surface area (Å²) in [5.41, 5.74) is 1.21. The molecule has 2 aromatic carbocycles. The molecule has 2 aromatic rings. The Balaban J connectivity index is 1.44. The molecule has 0 radical (unpaired) electrons. The minimum absolute atomic E-state index is 0.181. The summed E-state index contributed by atoms with van der Waals surface area (Å²) in [6.45, 7) is 7.27. The van der Waals surface area contributed by atoms with Crippen molar-refractivity contribution in [3.8, 4) is 17.2 Å². The average Bonchev–Trinajstić information content (AvgIpc) is 2.78. The number of halogens is 1. The lowest BCUT2D eigenvalue weighted by Crippen LogP contribution is -2.42. The number of hydrogen-bond donors (Lipinski definition) is 0. The number of piperidine rings is 1. The van der Waals surface area contributed by atoms with E-state index < -0.39 is 0 Å². The molecule has 4 nitrogen and oxygen atoms in total. The van der Waals surface area contributed by atoms with Crippen molar-refractivity contribution in [2.45, 2.75) is 38.5 Å². The smallest absolute Gasteiger partial charge is 0.165 e. The van der Waals surface area contributed by atoms with E-state index in [0.29, 0.717) is 31.7 Å². The van der Waals surface area contributed by atoms with E-state index in [1.807, 2.05) is 30.3 Å². The van der Waals surface area contributed by atoms with Gasteiger partial charge in [0.1, 0.15) is 24.8 Å². The zero-order chi connectivity index (χ0) is 20.8. The maximum absolute atomic E-state index is 13.4. The van der Waals surface area contributed by atoms with Crippen LogP contribution in [0, 0.1) is 11.7 Å². The third kappa shape index (κ3) is 5.25. The van der Waals surface area contributed by atoms with Crippen LogP contribution in [0.2, 0.25) is 0 Å². The van der Waals surface area contributed by atoms with Gasteiger partial charge in [-0.3, -0.25) is 0 Å². The van der Waals surface area contributed by atoms with Crippen LogP contribution >= 0.6 is 0 Å². The molecule has 0 unspecified atom stereocenters. The first kappa shape index (κ1) is 21.0. The molecule has 30 heavy (non-hydrogen) atoms. The molecule has 5 heteroatoms. The first-order valence-corrected chi connectivity index (χ1v) is 11.2. The van der Waals surface area contributed by atoms with Crippen LogP contribution in [-0.4, -0.2) is 44.4 Å². The molecule has 1 saturated heterocycles. The second-order valence-electron chi connectivity index (χ2n) is 8.33. The van der Waals surface area contributed by atoms with Gasteiger partial charge in [-0.15, -0.1) is 0 Å². The van der Waals surface area contributed by atoms with Gasteiger partial charge in [0.15, 0.2) is 11.5 Å². The van der Waals surface area contributed by atoms with Crippen LogP contribution in [0.25, 0.3) is 0 Å². The van der Waals surface area contributed by atoms with Crippen molar-refractivity contribution in [1.82, 2.24) is 4.90 Å². The quantitative estimate of drug-likeness (QED) is 0.552. The van der Waals surface area contributed by atoms with Gasteiger partial charge >= 0.3 is 0 Å². The minimum atomic E-state index is -0.181. The molecule has 0 amide bonds. The Morgan fingerprint density at radius 2 is 1.83 bits per heavy atom. The molecule has 0 N–H and O–H groups in total. The highest BCUT2D eigenvalue weighted by atomic mass is 19.1. The Labute approximate surface area is 178 Å². The van der Waals surface area contributed by atoms with Gasteiger partial charge in [-0.2, -0.15) is 0 Å². The second kappa shape index (κ2) is 10.2. The number of likely N-dealkylation sites (tertiary alicyclic amines) is 1. The number of benzene rings is 2. The zero-order valence-corrected chi connectivity index (χ0v) is 17.8. The van der Waals surface area contributed by atoms with Crippen molar-refractivity contribution in [3.05, 3.63) is 53.8 Å². The summed E-state index contributed by atoms with van der Waals surface area (Å²) in [7, 11) is 0. The summed E-state index contributed by atoms with van der Waals surface area (Å²) in [5.74, 6) is 2.89. The molecule has 0 aromatic heterocycles. The number of rotatable bonds is 8. The molecule has 0 bridgehead atoms. The predicted octanol–water partition coefficient (Wildman–Crippen LogP) is 5.27. The molecule has 0 spiro atoms. The highest BCUT2D eigenvalue weighted by Gasteiger charge is 2.31. The van der Waals surface area contributed by atoms with Crippen molar-refractivity contribution in [2.24, 2.45) is 5.92 Å².